The van der Waals surface area contributed by atoms with Crippen molar-refractivity contribution in [1.82, 2.24) is 4.90 Å². The summed E-state index contributed by atoms with van der Waals surface area (Å²) in [5, 5.41) is 9.04. The molecule has 24 heavy (non-hydrogen) atoms. The number of likely N-dealkylation sites (tertiary alicyclic amines) is 1. The molecule has 0 radical (unpaired) electrons. The molecule has 1 fully saturated rings. The summed E-state index contributed by atoms with van der Waals surface area (Å²) in [7, 11) is 0. The van der Waals surface area contributed by atoms with E-state index >= 15 is 0 Å². The average molecular weight is 337 g/mol. The molecule has 1 unspecified atom stereocenters. The van der Waals surface area contributed by atoms with Gasteiger partial charge in [0, 0.05) is 19.2 Å². The van der Waals surface area contributed by atoms with Gasteiger partial charge in [-0.25, -0.2) is 9.18 Å². The summed E-state index contributed by atoms with van der Waals surface area (Å²) in [4.78, 5) is 14.2. The molecular weight excluding hydrogens is 309 g/mol. The van der Waals surface area contributed by atoms with E-state index in [9.17, 15) is 9.18 Å². The van der Waals surface area contributed by atoms with Crippen LogP contribution in [0.1, 0.15) is 51.2 Å². The van der Waals surface area contributed by atoms with Gasteiger partial charge in [0.05, 0.1) is 0 Å². The standard InChI is InChI=1S/C19H28FNO3/c1-19(2,3)24-18(23)21-10-4-7-17(21)13-15-12-16(20)9-8-14(15)6-5-11-22/h8-9,12,17,22H,4-7,10-11,13H2,1-3H3. The largest absolute Gasteiger partial charge is 0.444 e. The van der Waals surface area contributed by atoms with Crippen LogP contribution in [0.25, 0.3) is 0 Å². The highest BCUT2D eigenvalue weighted by atomic mass is 19.1. The molecule has 0 spiro atoms. The Balaban J connectivity index is 2.11. The van der Waals surface area contributed by atoms with E-state index in [2.05, 4.69) is 0 Å². The van der Waals surface area contributed by atoms with Crippen molar-refractivity contribution in [1.29, 1.82) is 0 Å². The molecule has 2 rings (SSSR count). The van der Waals surface area contributed by atoms with Gasteiger partial charge in [0.2, 0.25) is 0 Å². The maximum atomic E-state index is 13.7. The number of carbonyl (C=O) groups excluding carboxylic acids is 1. The first kappa shape index (κ1) is 18.7. The van der Waals surface area contributed by atoms with Gasteiger partial charge >= 0.3 is 6.09 Å². The van der Waals surface area contributed by atoms with Gasteiger partial charge in [-0.15, -0.1) is 0 Å². The van der Waals surface area contributed by atoms with Crippen molar-refractivity contribution in [2.45, 2.75) is 64.5 Å². The van der Waals surface area contributed by atoms with Crippen LogP contribution in [0.5, 0.6) is 0 Å². The van der Waals surface area contributed by atoms with Gasteiger partial charge in [-0.3, -0.25) is 0 Å². The van der Waals surface area contributed by atoms with Crippen molar-refractivity contribution in [3.8, 4) is 0 Å². The zero-order valence-electron chi connectivity index (χ0n) is 14.8. The van der Waals surface area contributed by atoms with Crippen LogP contribution in [0.4, 0.5) is 9.18 Å². The number of hydrogen-bond donors (Lipinski definition) is 1. The summed E-state index contributed by atoms with van der Waals surface area (Å²) in [6.45, 7) is 6.37. The summed E-state index contributed by atoms with van der Waals surface area (Å²) in [5.41, 5.74) is 1.44. The van der Waals surface area contributed by atoms with E-state index in [0.29, 0.717) is 25.8 Å². The van der Waals surface area contributed by atoms with Crippen LogP contribution < -0.4 is 0 Å². The van der Waals surface area contributed by atoms with Crippen molar-refractivity contribution >= 4 is 6.09 Å². The number of nitrogens with zero attached hydrogens (tertiary/aromatic N) is 1. The zero-order chi connectivity index (χ0) is 17.7. The molecule has 1 heterocycles. The molecule has 0 aromatic heterocycles. The molecule has 134 valence electrons. The summed E-state index contributed by atoms with van der Waals surface area (Å²) in [6, 6.07) is 4.83. The summed E-state index contributed by atoms with van der Waals surface area (Å²) < 4.78 is 19.2. The maximum Gasteiger partial charge on any atom is 0.410 e. The quantitative estimate of drug-likeness (QED) is 0.891. The number of aliphatic hydroxyl groups is 1. The molecule has 1 N–H and O–H groups in total. The SMILES string of the molecule is CC(C)(C)OC(=O)N1CCCC1Cc1cc(F)ccc1CCCO. The second-order valence-corrected chi connectivity index (χ2v) is 7.41. The molecule has 0 aliphatic carbocycles. The molecule has 1 saturated heterocycles. The lowest BCUT2D eigenvalue weighted by atomic mass is 9.96. The fourth-order valence-corrected chi connectivity index (χ4v) is 3.16. The van der Waals surface area contributed by atoms with E-state index < -0.39 is 5.60 Å². The minimum Gasteiger partial charge on any atom is -0.444 e. The average Bonchev–Trinajstić information content (AvgIpc) is 2.93. The minimum atomic E-state index is -0.518. The number of amides is 1. The maximum absolute atomic E-state index is 13.7. The highest BCUT2D eigenvalue weighted by Crippen LogP contribution is 2.26. The van der Waals surface area contributed by atoms with E-state index in [4.69, 9.17) is 9.84 Å². The zero-order valence-corrected chi connectivity index (χ0v) is 14.8. The van der Waals surface area contributed by atoms with Gasteiger partial charge in [-0.1, -0.05) is 6.07 Å². The minimum absolute atomic E-state index is 0.0366. The van der Waals surface area contributed by atoms with E-state index in [1.807, 2.05) is 20.8 Å². The number of benzene rings is 1. The normalized spacial score (nSPS) is 18.0. The lowest BCUT2D eigenvalue weighted by molar-refractivity contribution is 0.0226. The second kappa shape index (κ2) is 7.97. The van der Waals surface area contributed by atoms with Gasteiger partial charge in [0.15, 0.2) is 0 Å². The topological polar surface area (TPSA) is 49.8 Å². The molecular formula is C19H28FNO3. The third kappa shape index (κ3) is 5.20. The number of ether oxygens (including phenoxy) is 1. The van der Waals surface area contributed by atoms with Crippen LogP contribution in [0.15, 0.2) is 18.2 Å². The third-order valence-electron chi connectivity index (χ3n) is 4.23. The van der Waals surface area contributed by atoms with Crippen LogP contribution in [0, 0.1) is 5.82 Å². The van der Waals surface area contributed by atoms with Crippen molar-refractivity contribution in [3.05, 3.63) is 35.1 Å². The summed E-state index contributed by atoms with van der Waals surface area (Å²) >= 11 is 0. The lowest BCUT2D eigenvalue weighted by Crippen LogP contribution is -2.40. The van der Waals surface area contributed by atoms with Gasteiger partial charge < -0.3 is 14.7 Å². The predicted molar refractivity (Wildman–Crippen MR) is 91.5 cm³/mol. The lowest BCUT2D eigenvalue weighted by Gasteiger charge is -2.29. The third-order valence-corrected chi connectivity index (χ3v) is 4.23. The molecule has 1 atom stereocenters. The summed E-state index contributed by atoms with van der Waals surface area (Å²) in [5.74, 6) is -0.264. The van der Waals surface area contributed by atoms with Crippen molar-refractivity contribution in [2.24, 2.45) is 0 Å². The van der Waals surface area contributed by atoms with Gasteiger partial charge in [-0.2, -0.15) is 0 Å². The molecule has 1 amide bonds. The van der Waals surface area contributed by atoms with Crippen LogP contribution >= 0.6 is 0 Å². The summed E-state index contributed by atoms with van der Waals surface area (Å²) in [6.07, 6.45) is 3.53. The Kier molecular flexibility index (Phi) is 6.21. The first-order valence-corrected chi connectivity index (χ1v) is 8.68. The fourth-order valence-electron chi connectivity index (χ4n) is 3.16. The number of hydrogen-bond acceptors (Lipinski definition) is 3. The van der Waals surface area contributed by atoms with Crippen LogP contribution in [-0.4, -0.2) is 40.9 Å². The van der Waals surface area contributed by atoms with Gasteiger partial charge in [0.25, 0.3) is 0 Å². The van der Waals surface area contributed by atoms with E-state index in [0.717, 1.165) is 24.0 Å². The molecule has 1 aromatic rings. The Morgan fingerprint density at radius 3 is 2.79 bits per heavy atom. The first-order valence-electron chi connectivity index (χ1n) is 8.68. The molecule has 0 saturated carbocycles. The van der Waals surface area contributed by atoms with E-state index in [-0.39, 0.29) is 24.6 Å². The Labute approximate surface area is 143 Å². The van der Waals surface area contributed by atoms with Crippen molar-refractivity contribution < 1.29 is 19.0 Å². The Bertz CT molecular complexity index is 568. The highest BCUT2D eigenvalue weighted by Gasteiger charge is 2.32. The van der Waals surface area contributed by atoms with E-state index in [1.165, 1.54) is 6.07 Å². The Morgan fingerprint density at radius 2 is 2.12 bits per heavy atom. The smallest absolute Gasteiger partial charge is 0.410 e. The number of carbonyl (C=O) groups is 1. The predicted octanol–water partition coefficient (Wildman–Crippen LogP) is 3.69. The molecule has 4 nitrogen and oxygen atoms in total. The van der Waals surface area contributed by atoms with Crippen molar-refractivity contribution in [2.75, 3.05) is 13.2 Å². The van der Waals surface area contributed by atoms with Gasteiger partial charge in [0.1, 0.15) is 11.4 Å². The fraction of sp³-hybridized carbons (Fsp3) is 0.632. The Morgan fingerprint density at radius 1 is 1.38 bits per heavy atom. The molecule has 1 aliphatic rings. The van der Waals surface area contributed by atoms with Crippen molar-refractivity contribution in [3.63, 3.8) is 0 Å². The van der Waals surface area contributed by atoms with Gasteiger partial charge in [-0.05, 0) is 76.1 Å². The highest BCUT2D eigenvalue weighted by molar-refractivity contribution is 5.69. The first-order chi connectivity index (χ1) is 11.3. The number of rotatable bonds is 5. The van der Waals surface area contributed by atoms with Crippen LogP contribution in [0.3, 0.4) is 0 Å². The molecule has 0 bridgehead atoms. The molecule has 1 aromatic carbocycles. The second-order valence-electron chi connectivity index (χ2n) is 7.41. The number of halogens is 1. The Hall–Kier alpha value is -1.62. The molecule has 1 aliphatic heterocycles. The number of aliphatic hydroxyl groups excluding tert-OH is 1. The van der Waals surface area contributed by atoms with E-state index in [1.54, 1.807) is 17.0 Å². The van der Waals surface area contributed by atoms with Crippen LogP contribution in [0.2, 0.25) is 0 Å². The monoisotopic (exact) mass is 337 g/mol. The number of aryl methyl sites for hydroxylation is 1. The van der Waals surface area contributed by atoms with Crippen LogP contribution in [-0.2, 0) is 17.6 Å². The molecule has 5 heteroatoms.